The molecule has 1 aliphatic rings. The fourth-order valence-electron chi connectivity index (χ4n) is 2.78. The van der Waals surface area contributed by atoms with E-state index in [1.807, 2.05) is 0 Å². The summed E-state index contributed by atoms with van der Waals surface area (Å²) in [7, 11) is 0. The van der Waals surface area contributed by atoms with Crippen LogP contribution in [0, 0.1) is 17.5 Å². The van der Waals surface area contributed by atoms with E-state index in [9.17, 15) is 26.3 Å². The first-order valence-corrected chi connectivity index (χ1v) is 10.4. The molecule has 0 radical (unpaired) electrons. The molecular weight excluding hydrogens is 491 g/mol. The van der Waals surface area contributed by atoms with Crippen LogP contribution in [-0.4, -0.2) is 30.3 Å². The first kappa shape index (κ1) is 25.6. The van der Waals surface area contributed by atoms with Crippen LogP contribution in [0.3, 0.4) is 0 Å². The third kappa shape index (κ3) is 6.93. The second-order valence-electron chi connectivity index (χ2n) is 6.34. The third-order valence-electron chi connectivity index (χ3n) is 4.17. The number of nitrogens with one attached hydrogen (secondary N) is 1. The average Bonchev–Trinajstić information content (AvgIpc) is 2.92. The van der Waals surface area contributed by atoms with Gasteiger partial charge in [0.05, 0.1) is 5.02 Å². The molecule has 0 atom stereocenters. The average molecular weight is 506 g/mol. The van der Waals surface area contributed by atoms with Crippen LogP contribution in [0.5, 0.6) is 0 Å². The Balaban J connectivity index is 0.000000423. The zero-order valence-electron chi connectivity index (χ0n) is 15.6. The molecule has 0 aromatic heterocycles. The standard InChI is InChI=1S/C17H14Cl2F3NS.C2HF3O2/c18-12-7-13(19)17(11-2-4-23-3-1-10(11)12)24-8-9-5-14(20)16(22)15(21)6-9;3-2(4,5)1(6)7/h5-7,23H,1-4,8H2;(H,6,7). The monoisotopic (exact) mass is 505 g/mol. The Bertz CT molecular complexity index is 948. The molecule has 3 rings (SSSR count). The molecule has 0 bridgehead atoms. The second kappa shape index (κ2) is 10.8. The zero-order valence-corrected chi connectivity index (χ0v) is 17.9. The number of carbonyl (C=O) groups is 1. The van der Waals surface area contributed by atoms with Crippen LogP contribution in [0.15, 0.2) is 23.1 Å². The van der Waals surface area contributed by atoms with Gasteiger partial charge in [-0.05, 0) is 60.8 Å². The Morgan fingerprint density at radius 2 is 1.52 bits per heavy atom. The second-order valence-corrected chi connectivity index (χ2v) is 8.14. The minimum Gasteiger partial charge on any atom is -0.475 e. The van der Waals surface area contributed by atoms with Gasteiger partial charge < -0.3 is 10.4 Å². The molecule has 0 fully saturated rings. The summed E-state index contributed by atoms with van der Waals surface area (Å²) in [5, 5.41) is 11.6. The highest BCUT2D eigenvalue weighted by molar-refractivity contribution is 7.98. The number of thioether (sulfide) groups is 1. The Kier molecular flexibility index (Phi) is 8.93. The lowest BCUT2D eigenvalue weighted by molar-refractivity contribution is -0.192. The quantitative estimate of drug-likeness (QED) is 0.304. The maximum atomic E-state index is 13.3. The lowest BCUT2D eigenvalue weighted by Crippen LogP contribution is -2.21. The van der Waals surface area contributed by atoms with Gasteiger partial charge in [-0.3, -0.25) is 0 Å². The lowest BCUT2D eigenvalue weighted by Gasteiger charge is -2.15. The molecule has 0 spiro atoms. The van der Waals surface area contributed by atoms with Crippen LogP contribution in [0.2, 0.25) is 10.0 Å². The van der Waals surface area contributed by atoms with Gasteiger partial charge in [0.2, 0.25) is 0 Å². The largest absolute Gasteiger partial charge is 0.490 e. The highest BCUT2D eigenvalue weighted by atomic mass is 35.5. The van der Waals surface area contributed by atoms with Crippen LogP contribution >= 0.6 is 35.0 Å². The van der Waals surface area contributed by atoms with E-state index in [2.05, 4.69) is 5.32 Å². The fourth-order valence-corrected chi connectivity index (χ4v) is 4.61. The van der Waals surface area contributed by atoms with E-state index in [0.29, 0.717) is 15.6 Å². The SMILES string of the molecule is Fc1cc(CSc2c(Cl)cc(Cl)c3c2CCNCC3)cc(F)c1F.O=C(O)C(F)(F)F. The van der Waals surface area contributed by atoms with Gasteiger partial charge in [-0.15, -0.1) is 11.8 Å². The van der Waals surface area contributed by atoms with Gasteiger partial charge in [-0.1, -0.05) is 23.2 Å². The minimum atomic E-state index is -5.08. The van der Waals surface area contributed by atoms with Crippen molar-refractivity contribution >= 4 is 40.9 Å². The van der Waals surface area contributed by atoms with E-state index < -0.39 is 29.6 Å². The van der Waals surface area contributed by atoms with Crippen molar-refractivity contribution in [2.24, 2.45) is 0 Å². The van der Waals surface area contributed by atoms with Crippen LogP contribution in [0.4, 0.5) is 26.3 Å². The highest BCUT2D eigenvalue weighted by Gasteiger charge is 2.38. The molecule has 1 heterocycles. The van der Waals surface area contributed by atoms with E-state index in [-0.39, 0.29) is 5.75 Å². The smallest absolute Gasteiger partial charge is 0.475 e. The molecule has 170 valence electrons. The molecule has 3 nitrogen and oxygen atoms in total. The highest BCUT2D eigenvalue weighted by Crippen LogP contribution is 2.39. The van der Waals surface area contributed by atoms with E-state index in [1.54, 1.807) is 6.07 Å². The van der Waals surface area contributed by atoms with Crippen molar-refractivity contribution in [2.45, 2.75) is 29.7 Å². The molecule has 12 heteroatoms. The maximum absolute atomic E-state index is 13.3. The van der Waals surface area contributed by atoms with Crippen molar-refractivity contribution in [1.82, 2.24) is 5.32 Å². The van der Waals surface area contributed by atoms with E-state index in [0.717, 1.165) is 54.1 Å². The molecule has 31 heavy (non-hydrogen) atoms. The number of benzene rings is 2. The molecule has 0 aliphatic carbocycles. The summed E-state index contributed by atoms with van der Waals surface area (Å²) in [6.45, 7) is 1.66. The van der Waals surface area contributed by atoms with Crippen LogP contribution in [0.25, 0.3) is 0 Å². The number of alkyl halides is 3. The van der Waals surface area contributed by atoms with Gasteiger partial charge in [-0.2, -0.15) is 13.2 Å². The summed E-state index contributed by atoms with van der Waals surface area (Å²) in [4.78, 5) is 9.76. The predicted octanol–water partition coefficient (Wildman–Crippen LogP) is 6.02. The number of carboxylic acids is 1. The molecule has 2 N–H and O–H groups in total. The molecule has 1 aliphatic heterocycles. The molecule has 0 saturated heterocycles. The van der Waals surface area contributed by atoms with Gasteiger partial charge in [0.15, 0.2) is 17.5 Å². The Labute approximate surface area is 187 Å². The molecule has 0 saturated carbocycles. The van der Waals surface area contributed by atoms with E-state index in [4.69, 9.17) is 33.1 Å². The zero-order chi connectivity index (χ0) is 23.3. The summed E-state index contributed by atoms with van der Waals surface area (Å²) in [5.74, 6) is -6.29. The fraction of sp³-hybridized carbons (Fsp3) is 0.316. The van der Waals surface area contributed by atoms with Gasteiger partial charge in [0.25, 0.3) is 0 Å². The normalized spacial score (nSPS) is 13.7. The van der Waals surface area contributed by atoms with Gasteiger partial charge in [0.1, 0.15) is 0 Å². The number of carboxylic acid groups (broad SMARTS) is 1. The van der Waals surface area contributed by atoms with Crippen molar-refractivity contribution in [2.75, 3.05) is 13.1 Å². The lowest BCUT2D eigenvalue weighted by atomic mass is 10.0. The summed E-state index contributed by atoms with van der Waals surface area (Å²) < 4.78 is 71.5. The summed E-state index contributed by atoms with van der Waals surface area (Å²) >= 11 is 14.0. The number of hydrogen-bond donors (Lipinski definition) is 2. The minimum absolute atomic E-state index is 0.287. The van der Waals surface area contributed by atoms with Crippen molar-refractivity contribution in [3.8, 4) is 0 Å². The van der Waals surface area contributed by atoms with Crippen molar-refractivity contribution in [3.63, 3.8) is 0 Å². The maximum Gasteiger partial charge on any atom is 0.490 e. The van der Waals surface area contributed by atoms with E-state index in [1.165, 1.54) is 11.8 Å². The van der Waals surface area contributed by atoms with Gasteiger partial charge in [-0.25, -0.2) is 18.0 Å². The third-order valence-corrected chi connectivity index (χ3v) is 6.15. The summed E-state index contributed by atoms with van der Waals surface area (Å²) in [6, 6.07) is 3.73. The Morgan fingerprint density at radius 1 is 1.00 bits per heavy atom. The first-order valence-electron chi connectivity index (χ1n) is 8.68. The topological polar surface area (TPSA) is 49.3 Å². The van der Waals surface area contributed by atoms with Crippen molar-refractivity contribution < 1.29 is 36.2 Å². The summed E-state index contributed by atoms with van der Waals surface area (Å²) in [5.41, 5.74) is 2.50. The van der Waals surface area contributed by atoms with Crippen molar-refractivity contribution in [1.29, 1.82) is 0 Å². The van der Waals surface area contributed by atoms with Gasteiger partial charge in [0, 0.05) is 15.7 Å². The van der Waals surface area contributed by atoms with Crippen LogP contribution in [0.1, 0.15) is 16.7 Å². The number of rotatable bonds is 3. The van der Waals surface area contributed by atoms with Crippen LogP contribution in [-0.2, 0) is 23.4 Å². The molecule has 0 amide bonds. The van der Waals surface area contributed by atoms with Gasteiger partial charge >= 0.3 is 12.1 Å². The number of aliphatic carboxylic acids is 1. The Hall–Kier alpha value is -1.62. The molecule has 2 aromatic carbocycles. The van der Waals surface area contributed by atoms with Crippen molar-refractivity contribution in [3.05, 3.63) is 62.4 Å². The Morgan fingerprint density at radius 3 is 2.03 bits per heavy atom. The van der Waals surface area contributed by atoms with E-state index >= 15 is 0 Å². The van der Waals surface area contributed by atoms with Crippen LogP contribution < -0.4 is 5.32 Å². The summed E-state index contributed by atoms with van der Waals surface area (Å²) in [6.07, 6.45) is -3.50. The number of hydrogen-bond acceptors (Lipinski definition) is 3. The number of halogens is 8. The molecule has 2 aromatic rings. The molecular formula is C19H15Cl2F6NO2S. The first-order chi connectivity index (χ1) is 14.4. The molecule has 0 unspecified atom stereocenters. The predicted molar refractivity (Wildman–Crippen MR) is 106 cm³/mol. The number of fused-ring (bicyclic) bond motifs is 1.